The van der Waals surface area contributed by atoms with E-state index < -0.39 is 0 Å². The number of fused-ring (bicyclic) bond motifs is 1. The van der Waals surface area contributed by atoms with Gasteiger partial charge in [-0.05, 0) is 43.7 Å². The van der Waals surface area contributed by atoms with Gasteiger partial charge in [0.15, 0.2) is 0 Å². The van der Waals surface area contributed by atoms with Crippen LogP contribution >= 0.6 is 11.3 Å². The van der Waals surface area contributed by atoms with Gasteiger partial charge in [-0.1, -0.05) is 6.07 Å². The van der Waals surface area contributed by atoms with E-state index in [1.54, 1.807) is 11.3 Å². The molecule has 0 saturated carbocycles. The summed E-state index contributed by atoms with van der Waals surface area (Å²) in [5, 5.41) is 3.18. The number of nitrogens with zero attached hydrogens (tertiary/aromatic N) is 4. The average molecular weight is 320 g/mol. The van der Waals surface area contributed by atoms with Crippen LogP contribution in [0.5, 0.6) is 0 Å². The number of hydrogen-bond donors (Lipinski definition) is 0. The first kappa shape index (κ1) is 14.1. The topological polar surface area (TPSA) is 43.1 Å². The number of pyridine rings is 2. The van der Waals surface area contributed by atoms with Crippen LogP contribution in [0.3, 0.4) is 0 Å². The van der Waals surface area contributed by atoms with Gasteiger partial charge >= 0.3 is 0 Å². The second-order valence-corrected chi connectivity index (χ2v) is 6.55. The van der Waals surface area contributed by atoms with Gasteiger partial charge in [-0.25, -0.2) is 9.97 Å². The van der Waals surface area contributed by atoms with E-state index in [2.05, 4.69) is 45.0 Å². The van der Waals surface area contributed by atoms with Crippen molar-refractivity contribution in [3.8, 4) is 11.4 Å². The molecule has 0 fully saturated rings. The molecule has 0 saturated heterocycles. The molecule has 0 aliphatic heterocycles. The van der Waals surface area contributed by atoms with Gasteiger partial charge in [0.1, 0.15) is 11.3 Å². The Morgan fingerprint density at radius 2 is 2.04 bits per heavy atom. The van der Waals surface area contributed by atoms with Crippen LogP contribution in [0.25, 0.3) is 17.0 Å². The quantitative estimate of drug-likeness (QED) is 0.572. The monoisotopic (exact) mass is 320 g/mol. The predicted octanol–water partition coefficient (Wildman–Crippen LogP) is 4.06. The highest BCUT2D eigenvalue weighted by Crippen LogP contribution is 2.27. The van der Waals surface area contributed by atoms with Gasteiger partial charge in [0.05, 0.1) is 16.4 Å². The molecule has 4 nitrogen and oxygen atoms in total. The van der Waals surface area contributed by atoms with Crippen LogP contribution in [0.1, 0.15) is 22.0 Å². The molecule has 0 amide bonds. The van der Waals surface area contributed by atoms with E-state index in [1.807, 2.05) is 31.3 Å². The third kappa shape index (κ3) is 2.64. The number of imidazole rings is 1. The van der Waals surface area contributed by atoms with E-state index in [9.17, 15) is 0 Å². The molecular weight excluding hydrogens is 304 g/mol. The third-order valence-corrected chi connectivity index (χ3v) is 4.66. The molecule has 0 spiro atoms. The van der Waals surface area contributed by atoms with Crippen molar-refractivity contribution in [1.29, 1.82) is 0 Å². The van der Waals surface area contributed by atoms with E-state index in [4.69, 9.17) is 4.98 Å². The van der Waals surface area contributed by atoms with Crippen molar-refractivity contribution in [2.45, 2.75) is 20.3 Å². The number of thiazole rings is 1. The van der Waals surface area contributed by atoms with Crippen LogP contribution < -0.4 is 0 Å². The van der Waals surface area contributed by atoms with Crippen molar-refractivity contribution in [2.75, 3.05) is 0 Å². The molecule has 0 atom stereocenters. The summed E-state index contributed by atoms with van der Waals surface area (Å²) in [5.41, 5.74) is 6.28. The zero-order valence-corrected chi connectivity index (χ0v) is 13.8. The van der Waals surface area contributed by atoms with Crippen LogP contribution in [0, 0.1) is 13.8 Å². The summed E-state index contributed by atoms with van der Waals surface area (Å²) in [4.78, 5) is 13.8. The smallest absolute Gasteiger partial charge is 0.137 e. The lowest BCUT2D eigenvalue weighted by Crippen LogP contribution is -1.92. The van der Waals surface area contributed by atoms with Crippen molar-refractivity contribution in [1.82, 2.24) is 19.4 Å². The normalized spacial score (nSPS) is 11.2. The van der Waals surface area contributed by atoms with E-state index in [0.29, 0.717) is 0 Å². The summed E-state index contributed by atoms with van der Waals surface area (Å²) in [7, 11) is 0. The lowest BCUT2D eigenvalue weighted by molar-refractivity contribution is 1.05. The Morgan fingerprint density at radius 1 is 1.13 bits per heavy atom. The Kier molecular flexibility index (Phi) is 3.42. The molecule has 0 radical (unpaired) electrons. The number of aryl methyl sites for hydroxylation is 2. The molecule has 4 rings (SSSR count). The van der Waals surface area contributed by atoms with Crippen LogP contribution in [0.4, 0.5) is 0 Å². The van der Waals surface area contributed by atoms with Gasteiger partial charge in [0, 0.05) is 29.9 Å². The summed E-state index contributed by atoms with van der Waals surface area (Å²) in [6.45, 7) is 4.12. The maximum atomic E-state index is 4.80. The van der Waals surface area contributed by atoms with Gasteiger partial charge in [0.2, 0.25) is 0 Å². The molecule has 4 aromatic rings. The average Bonchev–Trinajstić information content (AvgIpc) is 3.11. The lowest BCUT2D eigenvalue weighted by Gasteiger charge is -2.00. The Hall–Kier alpha value is -2.53. The highest BCUT2D eigenvalue weighted by atomic mass is 32.1. The largest absolute Gasteiger partial charge is 0.298 e. The Balaban J connectivity index is 1.73. The third-order valence-electron chi connectivity index (χ3n) is 3.81. The number of rotatable bonds is 3. The van der Waals surface area contributed by atoms with Crippen molar-refractivity contribution >= 4 is 17.0 Å². The first-order valence-corrected chi connectivity index (χ1v) is 8.38. The summed E-state index contributed by atoms with van der Waals surface area (Å²) < 4.78 is 2.11. The summed E-state index contributed by atoms with van der Waals surface area (Å²) in [6, 6.07) is 10.2. The molecule has 5 heteroatoms. The summed E-state index contributed by atoms with van der Waals surface area (Å²) in [6.07, 6.45) is 4.65. The zero-order chi connectivity index (χ0) is 15.8. The maximum Gasteiger partial charge on any atom is 0.137 e. The highest BCUT2D eigenvalue weighted by Gasteiger charge is 2.14. The molecular formula is C18H16N4S. The molecule has 0 N–H and O–H groups in total. The van der Waals surface area contributed by atoms with E-state index in [-0.39, 0.29) is 0 Å². The van der Waals surface area contributed by atoms with Crippen molar-refractivity contribution in [3.05, 3.63) is 70.1 Å². The van der Waals surface area contributed by atoms with Crippen molar-refractivity contribution in [2.24, 2.45) is 0 Å². The fourth-order valence-corrected chi connectivity index (χ4v) is 3.53. The molecule has 0 bridgehead atoms. The van der Waals surface area contributed by atoms with Crippen LogP contribution in [-0.4, -0.2) is 19.4 Å². The zero-order valence-electron chi connectivity index (χ0n) is 13.0. The van der Waals surface area contributed by atoms with Crippen molar-refractivity contribution in [3.63, 3.8) is 0 Å². The minimum atomic E-state index is 0.764. The van der Waals surface area contributed by atoms with E-state index in [0.717, 1.165) is 39.9 Å². The fraction of sp³-hybridized carbons (Fsp3) is 0.167. The number of aromatic nitrogens is 4. The summed E-state index contributed by atoms with van der Waals surface area (Å²) >= 11 is 1.67. The lowest BCUT2D eigenvalue weighted by atomic mass is 10.2. The fourth-order valence-electron chi connectivity index (χ4n) is 2.73. The van der Waals surface area contributed by atoms with E-state index in [1.165, 1.54) is 5.56 Å². The Morgan fingerprint density at radius 3 is 2.87 bits per heavy atom. The Bertz CT molecular complexity index is 969. The molecule has 4 heterocycles. The molecule has 0 unspecified atom stereocenters. The van der Waals surface area contributed by atoms with Gasteiger partial charge in [0.25, 0.3) is 0 Å². The van der Waals surface area contributed by atoms with Crippen LogP contribution in [-0.2, 0) is 6.42 Å². The summed E-state index contributed by atoms with van der Waals surface area (Å²) in [5.74, 6) is 0. The van der Waals surface area contributed by atoms with Crippen molar-refractivity contribution < 1.29 is 0 Å². The van der Waals surface area contributed by atoms with Gasteiger partial charge in [-0.15, -0.1) is 11.3 Å². The molecule has 0 aromatic carbocycles. The SMILES string of the molecule is Cc1ccn2c(-c3csc(Cc4ccccn4)n3)c(C)nc2c1. The first-order valence-electron chi connectivity index (χ1n) is 7.51. The standard InChI is InChI=1S/C18H16N4S/c1-12-6-8-22-16(9-12)20-13(2)18(22)15-11-23-17(21-15)10-14-5-3-4-7-19-14/h3-9,11H,10H2,1-2H3. The van der Waals surface area contributed by atoms with Crippen LogP contribution in [0.2, 0.25) is 0 Å². The highest BCUT2D eigenvalue weighted by molar-refractivity contribution is 7.10. The molecule has 4 aromatic heterocycles. The molecule has 114 valence electrons. The minimum Gasteiger partial charge on any atom is -0.298 e. The molecule has 0 aliphatic carbocycles. The van der Waals surface area contributed by atoms with Gasteiger partial charge in [-0.2, -0.15) is 0 Å². The first-order chi connectivity index (χ1) is 11.2. The van der Waals surface area contributed by atoms with Gasteiger partial charge < -0.3 is 0 Å². The second-order valence-electron chi connectivity index (χ2n) is 5.60. The molecule has 0 aliphatic rings. The molecule has 23 heavy (non-hydrogen) atoms. The maximum absolute atomic E-state index is 4.80. The Labute approximate surface area is 138 Å². The number of hydrogen-bond acceptors (Lipinski definition) is 4. The van der Waals surface area contributed by atoms with Crippen LogP contribution in [0.15, 0.2) is 48.1 Å². The second kappa shape index (κ2) is 5.59. The minimum absolute atomic E-state index is 0.764. The van der Waals surface area contributed by atoms with Gasteiger partial charge in [-0.3, -0.25) is 9.38 Å². The van der Waals surface area contributed by atoms with E-state index >= 15 is 0 Å². The predicted molar refractivity (Wildman–Crippen MR) is 92.8 cm³/mol.